The summed E-state index contributed by atoms with van der Waals surface area (Å²) >= 11 is 3.55. The van der Waals surface area contributed by atoms with E-state index in [9.17, 15) is 0 Å². The van der Waals surface area contributed by atoms with Crippen LogP contribution in [0.1, 0.15) is 23.2 Å². The van der Waals surface area contributed by atoms with Crippen LogP contribution < -0.4 is 15.4 Å². The molecule has 5 aromatic carbocycles. The highest BCUT2D eigenvalue weighted by atomic mass is 79.9. The van der Waals surface area contributed by atoms with Crippen LogP contribution in [0.3, 0.4) is 0 Å². The highest BCUT2D eigenvalue weighted by Crippen LogP contribution is 2.38. The Balaban J connectivity index is 1.64. The quantitative estimate of drug-likeness (QED) is 0.214. The van der Waals surface area contributed by atoms with Gasteiger partial charge in [0.05, 0.1) is 19.2 Å². The van der Waals surface area contributed by atoms with Crippen molar-refractivity contribution in [1.29, 1.82) is 0 Å². The van der Waals surface area contributed by atoms with Crippen LogP contribution in [0.5, 0.6) is 5.75 Å². The standard InChI is InChI=1S/C31H27BrN2O/c1-35-27-20-18-26(19-21-27)34-31(29-13-7-11-22-8-5-6-12-28(22)29)30(23-9-3-2-4-10-23)33-25-16-14-24(32)15-17-25/h2-21,30-31,33-34H,1H3/t30-,31-/m1/s1. The van der Waals surface area contributed by atoms with Crippen molar-refractivity contribution in [3.63, 3.8) is 0 Å². The first-order valence-electron chi connectivity index (χ1n) is 11.7. The fourth-order valence-electron chi connectivity index (χ4n) is 4.47. The molecule has 0 aliphatic rings. The molecule has 0 saturated carbocycles. The Morgan fingerprint density at radius 2 is 1.20 bits per heavy atom. The van der Waals surface area contributed by atoms with E-state index >= 15 is 0 Å². The molecule has 0 aliphatic carbocycles. The van der Waals surface area contributed by atoms with Crippen LogP contribution in [0.4, 0.5) is 11.4 Å². The molecule has 0 amide bonds. The molecule has 0 fully saturated rings. The summed E-state index contributed by atoms with van der Waals surface area (Å²) in [5.74, 6) is 0.838. The van der Waals surface area contributed by atoms with Crippen LogP contribution in [0.25, 0.3) is 10.8 Å². The second-order valence-corrected chi connectivity index (χ2v) is 9.37. The highest BCUT2D eigenvalue weighted by molar-refractivity contribution is 9.10. The van der Waals surface area contributed by atoms with Gasteiger partial charge < -0.3 is 15.4 Å². The number of halogens is 1. The number of hydrogen-bond donors (Lipinski definition) is 2. The summed E-state index contributed by atoms with van der Waals surface area (Å²) in [6.45, 7) is 0. The van der Waals surface area contributed by atoms with Gasteiger partial charge in [-0.15, -0.1) is 0 Å². The molecule has 174 valence electrons. The average Bonchev–Trinajstić information content (AvgIpc) is 2.92. The third-order valence-corrected chi connectivity index (χ3v) is 6.76. The summed E-state index contributed by atoms with van der Waals surface area (Å²) in [5, 5.41) is 10.1. The summed E-state index contributed by atoms with van der Waals surface area (Å²) in [6, 6.07) is 42.1. The largest absolute Gasteiger partial charge is 0.497 e. The van der Waals surface area contributed by atoms with E-state index in [0.717, 1.165) is 21.6 Å². The molecule has 2 N–H and O–H groups in total. The van der Waals surface area contributed by atoms with Crippen LogP contribution in [0, 0.1) is 0 Å². The maximum absolute atomic E-state index is 5.38. The van der Waals surface area contributed by atoms with Crippen molar-refractivity contribution in [3.05, 3.63) is 137 Å². The topological polar surface area (TPSA) is 33.3 Å². The van der Waals surface area contributed by atoms with Gasteiger partial charge in [0.25, 0.3) is 0 Å². The van der Waals surface area contributed by atoms with Gasteiger partial charge in [-0.1, -0.05) is 88.7 Å². The minimum Gasteiger partial charge on any atom is -0.497 e. The summed E-state index contributed by atoms with van der Waals surface area (Å²) in [4.78, 5) is 0. The predicted molar refractivity (Wildman–Crippen MR) is 150 cm³/mol. The second-order valence-electron chi connectivity index (χ2n) is 8.46. The molecule has 0 radical (unpaired) electrons. The highest BCUT2D eigenvalue weighted by Gasteiger charge is 2.26. The van der Waals surface area contributed by atoms with E-state index in [2.05, 4.69) is 136 Å². The van der Waals surface area contributed by atoms with Crippen LogP contribution >= 0.6 is 15.9 Å². The van der Waals surface area contributed by atoms with Crippen molar-refractivity contribution in [2.24, 2.45) is 0 Å². The fraction of sp³-hybridized carbons (Fsp3) is 0.0968. The smallest absolute Gasteiger partial charge is 0.119 e. The Kier molecular flexibility index (Phi) is 7.01. The van der Waals surface area contributed by atoms with Crippen LogP contribution in [0.2, 0.25) is 0 Å². The van der Waals surface area contributed by atoms with E-state index in [1.807, 2.05) is 12.1 Å². The van der Waals surface area contributed by atoms with Gasteiger partial charge >= 0.3 is 0 Å². The number of fused-ring (bicyclic) bond motifs is 1. The second kappa shape index (κ2) is 10.7. The number of rotatable bonds is 8. The monoisotopic (exact) mass is 522 g/mol. The molecule has 0 spiro atoms. The van der Waals surface area contributed by atoms with Crippen molar-refractivity contribution >= 4 is 38.1 Å². The Morgan fingerprint density at radius 1 is 0.600 bits per heavy atom. The van der Waals surface area contributed by atoms with E-state index in [1.54, 1.807) is 7.11 Å². The molecule has 0 saturated heterocycles. The molecule has 4 heteroatoms. The first kappa shape index (κ1) is 23.0. The molecule has 5 rings (SSSR count). The Bertz CT molecular complexity index is 1380. The lowest BCUT2D eigenvalue weighted by Crippen LogP contribution is -2.26. The number of benzene rings is 5. The number of anilines is 2. The van der Waals surface area contributed by atoms with Crippen molar-refractivity contribution in [2.45, 2.75) is 12.1 Å². The van der Waals surface area contributed by atoms with Crippen molar-refractivity contribution < 1.29 is 4.74 Å². The number of methoxy groups -OCH3 is 1. The Hall–Kier alpha value is -3.76. The van der Waals surface area contributed by atoms with E-state index in [1.165, 1.54) is 21.9 Å². The van der Waals surface area contributed by atoms with Gasteiger partial charge in [0.15, 0.2) is 0 Å². The minimum absolute atomic E-state index is 0.0368. The summed E-state index contributed by atoms with van der Waals surface area (Å²) in [5.41, 5.74) is 4.53. The SMILES string of the molecule is COc1ccc(N[C@H](c2cccc3ccccc23)[C@H](Nc2ccc(Br)cc2)c2ccccc2)cc1. The molecule has 35 heavy (non-hydrogen) atoms. The molecule has 5 aromatic rings. The first-order valence-corrected chi connectivity index (χ1v) is 12.5. The normalized spacial score (nSPS) is 12.6. The molecular formula is C31H27BrN2O. The molecule has 0 unspecified atom stereocenters. The van der Waals surface area contributed by atoms with Gasteiger partial charge in [0, 0.05) is 15.8 Å². The zero-order chi connectivity index (χ0) is 24.0. The molecule has 0 bridgehead atoms. The van der Waals surface area contributed by atoms with E-state index in [-0.39, 0.29) is 12.1 Å². The number of ether oxygens (including phenoxy) is 1. The molecule has 2 atom stereocenters. The molecular weight excluding hydrogens is 496 g/mol. The molecule has 0 aliphatic heterocycles. The van der Waals surface area contributed by atoms with E-state index in [0.29, 0.717) is 0 Å². The third kappa shape index (κ3) is 5.33. The lowest BCUT2D eigenvalue weighted by Gasteiger charge is -2.32. The van der Waals surface area contributed by atoms with Gasteiger partial charge in [-0.05, 0) is 70.4 Å². The lowest BCUT2D eigenvalue weighted by atomic mass is 9.89. The third-order valence-electron chi connectivity index (χ3n) is 6.23. The van der Waals surface area contributed by atoms with Gasteiger partial charge in [-0.2, -0.15) is 0 Å². The number of hydrogen-bond acceptors (Lipinski definition) is 3. The predicted octanol–water partition coefficient (Wildman–Crippen LogP) is 8.62. The zero-order valence-corrected chi connectivity index (χ0v) is 21.1. The Labute approximate surface area is 214 Å². The van der Waals surface area contributed by atoms with Crippen LogP contribution in [-0.4, -0.2) is 7.11 Å². The maximum Gasteiger partial charge on any atom is 0.119 e. The van der Waals surface area contributed by atoms with E-state index in [4.69, 9.17) is 4.74 Å². The van der Waals surface area contributed by atoms with E-state index < -0.39 is 0 Å². The summed E-state index contributed by atoms with van der Waals surface area (Å²) in [7, 11) is 1.69. The Morgan fingerprint density at radius 3 is 1.91 bits per heavy atom. The van der Waals surface area contributed by atoms with Gasteiger partial charge in [0.1, 0.15) is 5.75 Å². The van der Waals surface area contributed by atoms with Gasteiger partial charge in [-0.25, -0.2) is 0 Å². The fourth-order valence-corrected chi connectivity index (χ4v) is 4.74. The summed E-state index contributed by atoms with van der Waals surface area (Å²) < 4.78 is 6.43. The molecule has 0 aromatic heterocycles. The first-order chi connectivity index (χ1) is 17.2. The van der Waals surface area contributed by atoms with Gasteiger partial charge in [-0.3, -0.25) is 0 Å². The van der Waals surface area contributed by atoms with Crippen molar-refractivity contribution in [2.75, 3.05) is 17.7 Å². The minimum atomic E-state index is -0.0551. The van der Waals surface area contributed by atoms with Crippen LogP contribution in [-0.2, 0) is 0 Å². The van der Waals surface area contributed by atoms with Crippen LogP contribution in [0.15, 0.2) is 126 Å². The molecule has 0 heterocycles. The van der Waals surface area contributed by atoms with Crippen molar-refractivity contribution in [3.8, 4) is 5.75 Å². The lowest BCUT2D eigenvalue weighted by molar-refractivity contribution is 0.415. The summed E-state index contributed by atoms with van der Waals surface area (Å²) in [6.07, 6.45) is 0. The van der Waals surface area contributed by atoms with Crippen molar-refractivity contribution in [1.82, 2.24) is 0 Å². The van der Waals surface area contributed by atoms with Gasteiger partial charge in [0.2, 0.25) is 0 Å². The average molecular weight is 523 g/mol. The maximum atomic E-state index is 5.38. The molecule has 3 nitrogen and oxygen atoms in total. The number of nitrogens with one attached hydrogen (secondary N) is 2. The zero-order valence-electron chi connectivity index (χ0n) is 19.5.